The van der Waals surface area contributed by atoms with Gasteiger partial charge in [0.05, 0.1) is 17.5 Å². The Bertz CT molecular complexity index is 1410. The van der Waals surface area contributed by atoms with Gasteiger partial charge in [0.2, 0.25) is 0 Å². The standard InChI is InChI=1S/C29H28N2O3.ClH/c1-20-9-6-7-14-25(20)31-17-15-30(16-18-31)19-26(32)23-12-8-13-24-27(33)21(2)28(34-29(23)24)22-10-4-3-5-11-22;/h3-14H,15-19H2,1-2H3;1H. The van der Waals surface area contributed by atoms with E-state index in [1.54, 1.807) is 25.1 Å². The summed E-state index contributed by atoms with van der Waals surface area (Å²) in [5.41, 5.74) is 4.65. The fourth-order valence-electron chi connectivity index (χ4n) is 4.75. The van der Waals surface area contributed by atoms with Crippen molar-refractivity contribution in [2.45, 2.75) is 13.8 Å². The molecule has 0 amide bonds. The van der Waals surface area contributed by atoms with Crippen LogP contribution in [-0.4, -0.2) is 43.4 Å². The minimum atomic E-state index is -0.0957. The molecule has 1 saturated heterocycles. The van der Waals surface area contributed by atoms with Crippen molar-refractivity contribution >= 4 is 34.8 Å². The Hall–Kier alpha value is -3.41. The quantitative estimate of drug-likeness (QED) is 0.347. The third-order valence-electron chi connectivity index (χ3n) is 6.68. The Morgan fingerprint density at radius 3 is 2.26 bits per heavy atom. The summed E-state index contributed by atoms with van der Waals surface area (Å²) in [6.07, 6.45) is 0. The molecule has 3 aromatic carbocycles. The molecule has 0 radical (unpaired) electrons. The molecule has 180 valence electrons. The van der Waals surface area contributed by atoms with Crippen LogP contribution < -0.4 is 10.3 Å². The lowest BCUT2D eigenvalue weighted by Gasteiger charge is -2.36. The number of fused-ring (bicyclic) bond motifs is 1. The molecule has 1 fully saturated rings. The van der Waals surface area contributed by atoms with Crippen LogP contribution in [0.5, 0.6) is 0 Å². The molecule has 4 aromatic rings. The van der Waals surface area contributed by atoms with Gasteiger partial charge < -0.3 is 9.32 Å². The third kappa shape index (κ3) is 4.88. The number of para-hydroxylation sites is 2. The van der Waals surface area contributed by atoms with Crippen LogP contribution >= 0.6 is 12.4 Å². The summed E-state index contributed by atoms with van der Waals surface area (Å²) in [5.74, 6) is 0.492. The average molecular weight is 489 g/mol. The summed E-state index contributed by atoms with van der Waals surface area (Å²) in [7, 11) is 0. The highest BCUT2D eigenvalue weighted by atomic mass is 35.5. The highest BCUT2D eigenvalue weighted by Crippen LogP contribution is 2.28. The van der Waals surface area contributed by atoms with Crippen molar-refractivity contribution < 1.29 is 9.21 Å². The van der Waals surface area contributed by atoms with E-state index in [1.807, 2.05) is 30.3 Å². The summed E-state index contributed by atoms with van der Waals surface area (Å²) < 4.78 is 6.24. The molecule has 1 aliphatic rings. The summed E-state index contributed by atoms with van der Waals surface area (Å²) in [6.45, 7) is 7.58. The van der Waals surface area contributed by atoms with Crippen molar-refractivity contribution in [2.24, 2.45) is 0 Å². The lowest BCUT2D eigenvalue weighted by Crippen LogP contribution is -2.48. The number of carbonyl (C=O) groups is 1. The molecule has 35 heavy (non-hydrogen) atoms. The smallest absolute Gasteiger partial charge is 0.196 e. The maximum Gasteiger partial charge on any atom is 0.196 e. The predicted octanol–water partition coefficient (Wildman–Crippen LogP) is 5.50. The van der Waals surface area contributed by atoms with Gasteiger partial charge in [0, 0.05) is 43.0 Å². The molecular formula is C29H29ClN2O3. The zero-order valence-corrected chi connectivity index (χ0v) is 20.8. The molecule has 0 unspecified atom stereocenters. The van der Waals surface area contributed by atoms with Crippen LogP contribution in [0.15, 0.2) is 82.0 Å². The normalized spacial score (nSPS) is 14.1. The molecule has 0 aliphatic carbocycles. The fraction of sp³-hybridized carbons (Fsp3) is 0.241. The number of hydrogen-bond donors (Lipinski definition) is 0. The van der Waals surface area contributed by atoms with Crippen LogP contribution in [0.2, 0.25) is 0 Å². The molecule has 5 nitrogen and oxygen atoms in total. The maximum absolute atomic E-state index is 13.4. The van der Waals surface area contributed by atoms with E-state index >= 15 is 0 Å². The van der Waals surface area contributed by atoms with Crippen LogP contribution in [0.1, 0.15) is 21.5 Å². The fourth-order valence-corrected chi connectivity index (χ4v) is 4.75. The number of benzene rings is 3. The second-order valence-corrected chi connectivity index (χ2v) is 8.91. The van der Waals surface area contributed by atoms with Gasteiger partial charge in [-0.15, -0.1) is 12.4 Å². The number of carbonyl (C=O) groups excluding carboxylic acids is 1. The zero-order valence-electron chi connectivity index (χ0n) is 20.0. The molecule has 1 aromatic heterocycles. The van der Waals surface area contributed by atoms with Crippen molar-refractivity contribution in [2.75, 3.05) is 37.6 Å². The summed E-state index contributed by atoms with van der Waals surface area (Å²) in [4.78, 5) is 31.0. The van der Waals surface area contributed by atoms with Gasteiger partial charge in [0.1, 0.15) is 11.3 Å². The van der Waals surface area contributed by atoms with E-state index < -0.39 is 0 Å². The number of Topliss-reactive ketones (excluding diaryl/α,β-unsaturated/α-hetero) is 1. The van der Waals surface area contributed by atoms with Gasteiger partial charge >= 0.3 is 0 Å². The van der Waals surface area contributed by atoms with E-state index in [1.165, 1.54) is 11.3 Å². The lowest BCUT2D eigenvalue weighted by atomic mass is 10.0. The monoisotopic (exact) mass is 488 g/mol. The number of nitrogens with zero attached hydrogens (tertiary/aromatic N) is 2. The van der Waals surface area contributed by atoms with Crippen molar-refractivity contribution in [3.8, 4) is 11.3 Å². The van der Waals surface area contributed by atoms with Crippen LogP contribution in [0, 0.1) is 13.8 Å². The first-order chi connectivity index (χ1) is 16.5. The van der Waals surface area contributed by atoms with Crippen molar-refractivity contribution in [3.63, 3.8) is 0 Å². The van der Waals surface area contributed by atoms with E-state index in [4.69, 9.17) is 4.42 Å². The van der Waals surface area contributed by atoms with Gasteiger partial charge in [-0.1, -0.05) is 54.6 Å². The molecule has 0 saturated carbocycles. The van der Waals surface area contributed by atoms with Gasteiger partial charge in [0.15, 0.2) is 11.2 Å². The SMILES string of the molecule is Cc1ccccc1N1CCN(CC(=O)c2cccc3c(=O)c(C)c(-c4ccccc4)oc23)CC1.Cl. The van der Waals surface area contributed by atoms with E-state index in [2.05, 4.69) is 41.0 Å². The number of aryl methyl sites for hydroxylation is 1. The summed E-state index contributed by atoms with van der Waals surface area (Å²) in [6, 6.07) is 23.2. The van der Waals surface area contributed by atoms with E-state index in [0.29, 0.717) is 34.4 Å². The Morgan fingerprint density at radius 2 is 1.54 bits per heavy atom. The van der Waals surface area contributed by atoms with Crippen LogP contribution in [-0.2, 0) is 0 Å². The molecule has 1 aliphatic heterocycles. The number of hydrogen-bond acceptors (Lipinski definition) is 5. The number of ketones is 1. The third-order valence-corrected chi connectivity index (χ3v) is 6.68. The molecule has 2 heterocycles. The maximum atomic E-state index is 13.4. The second-order valence-electron chi connectivity index (χ2n) is 8.91. The number of halogens is 1. The lowest BCUT2D eigenvalue weighted by molar-refractivity contribution is 0.0927. The van der Waals surface area contributed by atoms with E-state index in [0.717, 1.165) is 31.7 Å². The molecule has 0 N–H and O–H groups in total. The number of rotatable bonds is 5. The number of anilines is 1. The van der Waals surface area contributed by atoms with Gasteiger partial charge in [-0.05, 0) is 37.6 Å². The van der Waals surface area contributed by atoms with Gasteiger partial charge in [-0.25, -0.2) is 0 Å². The molecular weight excluding hydrogens is 460 g/mol. The van der Waals surface area contributed by atoms with Gasteiger partial charge in [0.25, 0.3) is 0 Å². The van der Waals surface area contributed by atoms with Crippen molar-refractivity contribution in [3.05, 3.63) is 99.7 Å². The minimum absolute atomic E-state index is 0. The molecule has 0 bridgehead atoms. The highest BCUT2D eigenvalue weighted by Gasteiger charge is 2.23. The van der Waals surface area contributed by atoms with Gasteiger partial charge in [-0.3, -0.25) is 14.5 Å². The Labute approximate surface area is 211 Å². The Balaban J connectivity index is 0.00000289. The summed E-state index contributed by atoms with van der Waals surface area (Å²) >= 11 is 0. The predicted molar refractivity (Wildman–Crippen MR) is 144 cm³/mol. The van der Waals surface area contributed by atoms with E-state index in [-0.39, 0.29) is 23.6 Å². The van der Waals surface area contributed by atoms with Crippen molar-refractivity contribution in [1.29, 1.82) is 0 Å². The largest absolute Gasteiger partial charge is 0.455 e. The van der Waals surface area contributed by atoms with E-state index in [9.17, 15) is 9.59 Å². The first-order valence-corrected chi connectivity index (χ1v) is 11.7. The zero-order chi connectivity index (χ0) is 23.7. The van der Waals surface area contributed by atoms with Crippen LogP contribution in [0.4, 0.5) is 5.69 Å². The van der Waals surface area contributed by atoms with Crippen LogP contribution in [0.3, 0.4) is 0 Å². The van der Waals surface area contributed by atoms with Crippen LogP contribution in [0.25, 0.3) is 22.3 Å². The topological polar surface area (TPSA) is 53.8 Å². The first-order valence-electron chi connectivity index (χ1n) is 11.7. The molecule has 0 spiro atoms. The Kier molecular flexibility index (Phi) is 7.39. The average Bonchev–Trinajstić information content (AvgIpc) is 2.87. The second kappa shape index (κ2) is 10.5. The number of piperazine rings is 1. The molecule has 5 rings (SSSR count). The first kappa shape index (κ1) is 24.7. The summed E-state index contributed by atoms with van der Waals surface area (Å²) in [5, 5.41) is 0.451. The molecule has 0 atom stereocenters. The highest BCUT2D eigenvalue weighted by molar-refractivity contribution is 6.07. The molecule has 6 heteroatoms. The van der Waals surface area contributed by atoms with Crippen molar-refractivity contribution in [1.82, 2.24) is 4.90 Å². The van der Waals surface area contributed by atoms with Gasteiger partial charge in [-0.2, -0.15) is 0 Å². The minimum Gasteiger partial charge on any atom is -0.455 e. The Morgan fingerprint density at radius 1 is 0.857 bits per heavy atom.